The molecule has 1 unspecified atom stereocenters. The van der Waals surface area contributed by atoms with E-state index in [2.05, 4.69) is 21.2 Å². The van der Waals surface area contributed by atoms with Crippen LogP contribution in [0.25, 0.3) is 0 Å². The van der Waals surface area contributed by atoms with Gasteiger partial charge in [0, 0.05) is 4.47 Å². The van der Waals surface area contributed by atoms with Crippen LogP contribution in [-0.2, 0) is 4.79 Å². The average molecular weight is 321 g/mol. The third-order valence-corrected chi connectivity index (χ3v) is 2.76. The Morgan fingerprint density at radius 3 is 2.71 bits per heavy atom. The van der Waals surface area contributed by atoms with E-state index in [1.807, 2.05) is 5.32 Å². The van der Waals surface area contributed by atoms with Gasteiger partial charge in [-0.15, -0.1) is 0 Å². The van der Waals surface area contributed by atoms with Gasteiger partial charge in [-0.3, -0.25) is 10.1 Å². The molecule has 7 heteroatoms. The van der Waals surface area contributed by atoms with Crippen LogP contribution in [0, 0.1) is 0 Å². The van der Waals surface area contributed by atoms with Crippen LogP contribution in [0.3, 0.4) is 0 Å². The zero-order chi connectivity index (χ0) is 13.0. The number of benzene rings is 1. The minimum absolute atomic E-state index is 0.479. The van der Waals surface area contributed by atoms with Gasteiger partial charge in [-0.05, 0) is 25.1 Å². The number of nitrogens with one attached hydrogen (secondary N) is 2. The SMILES string of the molecule is CC(Nc1cc(Br)ccc1Cl)C(=O)NC(N)=O. The number of amides is 3. The number of rotatable bonds is 3. The molecular weight excluding hydrogens is 309 g/mol. The van der Waals surface area contributed by atoms with Crippen molar-refractivity contribution in [2.24, 2.45) is 5.73 Å². The molecule has 0 fully saturated rings. The van der Waals surface area contributed by atoms with Gasteiger partial charge >= 0.3 is 6.03 Å². The third-order valence-electron chi connectivity index (χ3n) is 1.94. The normalized spacial score (nSPS) is 11.7. The summed E-state index contributed by atoms with van der Waals surface area (Å²) in [5.74, 6) is -0.520. The van der Waals surface area contributed by atoms with Gasteiger partial charge in [0.2, 0.25) is 5.91 Å². The second-order valence-electron chi connectivity index (χ2n) is 3.34. The molecule has 3 amide bonds. The van der Waals surface area contributed by atoms with Crippen molar-refractivity contribution in [3.05, 3.63) is 27.7 Å². The minimum Gasteiger partial charge on any atom is -0.373 e. The maximum absolute atomic E-state index is 11.4. The summed E-state index contributed by atoms with van der Waals surface area (Å²) in [6, 6.07) is 3.68. The number of urea groups is 1. The molecule has 0 aromatic heterocycles. The first-order valence-electron chi connectivity index (χ1n) is 4.72. The summed E-state index contributed by atoms with van der Waals surface area (Å²) < 4.78 is 0.826. The van der Waals surface area contributed by atoms with Crippen LogP contribution in [0.5, 0.6) is 0 Å². The van der Waals surface area contributed by atoms with Gasteiger partial charge in [0.15, 0.2) is 0 Å². The van der Waals surface area contributed by atoms with Gasteiger partial charge in [0.25, 0.3) is 0 Å². The quantitative estimate of drug-likeness (QED) is 0.797. The van der Waals surface area contributed by atoms with Crippen LogP contribution in [0.15, 0.2) is 22.7 Å². The predicted molar refractivity (Wildman–Crippen MR) is 70.0 cm³/mol. The maximum Gasteiger partial charge on any atom is 0.318 e. The van der Waals surface area contributed by atoms with Gasteiger partial charge < -0.3 is 11.1 Å². The van der Waals surface area contributed by atoms with E-state index in [1.54, 1.807) is 25.1 Å². The largest absolute Gasteiger partial charge is 0.373 e. The first-order chi connectivity index (χ1) is 7.90. The summed E-state index contributed by atoms with van der Waals surface area (Å²) in [5, 5.41) is 5.33. The topological polar surface area (TPSA) is 84.2 Å². The molecular formula is C10H11BrClN3O2. The van der Waals surface area contributed by atoms with E-state index in [9.17, 15) is 9.59 Å². The second-order valence-corrected chi connectivity index (χ2v) is 4.67. The van der Waals surface area contributed by atoms with Crippen molar-refractivity contribution in [1.82, 2.24) is 5.32 Å². The third kappa shape index (κ3) is 4.24. The van der Waals surface area contributed by atoms with Crippen molar-refractivity contribution in [3.8, 4) is 0 Å². The van der Waals surface area contributed by atoms with Gasteiger partial charge in [0.05, 0.1) is 10.7 Å². The predicted octanol–water partition coefficient (Wildman–Crippen LogP) is 2.10. The Morgan fingerprint density at radius 1 is 1.47 bits per heavy atom. The molecule has 1 aromatic carbocycles. The van der Waals surface area contributed by atoms with Gasteiger partial charge in [-0.1, -0.05) is 27.5 Å². The molecule has 0 radical (unpaired) electrons. The van der Waals surface area contributed by atoms with E-state index in [0.717, 1.165) is 4.47 Å². The highest BCUT2D eigenvalue weighted by atomic mass is 79.9. The number of hydrogen-bond acceptors (Lipinski definition) is 3. The molecule has 0 saturated carbocycles. The van der Waals surface area contributed by atoms with E-state index in [0.29, 0.717) is 10.7 Å². The fraction of sp³-hybridized carbons (Fsp3) is 0.200. The molecule has 92 valence electrons. The first kappa shape index (κ1) is 13.8. The van der Waals surface area contributed by atoms with E-state index in [4.69, 9.17) is 17.3 Å². The fourth-order valence-electron chi connectivity index (χ4n) is 1.14. The van der Waals surface area contributed by atoms with E-state index in [1.165, 1.54) is 0 Å². The molecule has 0 aliphatic heterocycles. The lowest BCUT2D eigenvalue weighted by molar-refractivity contribution is -0.120. The zero-order valence-corrected chi connectivity index (χ0v) is 11.3. The van der Waals surface area contributed by atoms with Crippen LogP contribution in [0.2, 0.25) is 5.02 Å². The summed E-state index contributed by atoms with van der Waals surface area (Å²) in [6.45, 7) is 1.59. The fourth-order valence-corrected chi connectivity index (χ4v) is 1.67. The summed E-state index contributed by atoms with van der Waals surface area (Å²) in [6.07, 6.45) is 0. The number of halogens is 2. The molecule has 17 heavy (non-hydrogen) atoms. The number of primary amides is 1. The Balaban J connectivity index is 2.73. The number of carbonyl (C=O) groups excluding carboxylic acids is 2. The summed E-state index contributed by atoms with van der Waals surface area (Å²) >= 11 is 9.23. The van der Waals surface area contributed by atoms with E-state index in [-0.39, 0.29) is 0 Å². The molecule has 0 aliphatic carbocycles. The van der Waals surface area contributed by atoms with Crippen LogP contribution < -0.4 is 16.4 Å². The number of nitrogens with two attached hydrogens (primary N) is 1. The molecule has 1 atom stereocenters. The average Bonchev–Trinajstić information content (AvgIpc) is 2.22. The lowest BCUT2D eigenvalue weighted by Gasteiger charge is -2.15. The Morgan fingerprint density at radius 2 is 2.12 bits per heavy atom. The van der Waals surface area contributed by atoms with Gasteiger partial charge in [-0.2, -0.15) is 0 Å². The van der Waals surface area contributed by atoms with Crippen molar-refractivity contribution >= 4 is 45.2 Å². The van der Waals surface area contributed by atoms with Crippen molar-refractivity contribution < 1.29 is 9.59 Å². The molecule has 4 N–H and O–H groups in total. The van der Waals surface area contributed by atoms with Crippen molar-refractivity contribution in [2.75, 3.05) is 5.32 Å². The van der Waals surface area contributed by atoms with Gasteiger partial charge in [0.1, 0.15) is 6.04 Å². The molecule has 0 aliphatic rings. The Hall–Kier alpha value is -1.27. The molecule has 0 heterocycles. The highest BCUT2D eigenvalue weighted by Crippen LogP contribution is 2.26. The Kier molecular flexibility index (Phi) is 4.77. The van der Waals surface area contributed by atoms with Crippen LogP contribution in [-0.4, -0.2) is 18.0 Å². The number of hydrogen-bond donors (Lipinski definition) is 3. The minimum atomic E-state index is -0.885. The number of anilines is 1. The molecule has 5 nitrogen and oxygen atoms in total. The number of imide groups is 1. The first-order valence-corrected chi connectivity index (χ1v) is 5.89. The standard InChI is InChI=1S/C10H11BrClN3O2/c1-5(9(16)15-10(13)17)14-8-4-6(11)2-3-7(8)12/h2-5,14H,1H3,(H3,13,15,16,17). The number of carbonyl (C=O) groups is 2. The summed E-state index contributed by atoms with van der Waals surface area (Å²) in [7, 11) is 0. The van der Waals surface area contributed by atoms with Crippen LogP contribution in [0.1, 0.15) is 6.92 Å². The Bertz CT molecular complexity index is 453. The molecule has 0 bridgehead atoms. The van der Waals surface area contributed by atoms with Crippen molar-refractivity contribution in [2.45, 2.75) is 13.0 Å². The molecule has 1 rings (SSSR count). The highest BCUT2D eigenvalue weighted by molar-refractivity contribution is 9.10. The monoisotopic (exact) mass is 319 g/mol. The Labute approximate surface area is 112 Å². The van der Waals surface area contributed by atoms with Crippen LogP contribution >= 0.6 is 27.5 Å². The lowest BCUT2D eigenvalue weighted by atomic mass is 10.2. The molecule has 0 spiro atoms. The van der Waals surface area contributed by atoms with Crippen LogP contribution in [0.4, 0.5) is 10.5 Å². The van der Waals surface area contributed by atoms with E-state index >= 15 is 0 Å². The van der Waals surface area contributed by atoms with Gasteiger partial charge in [-0.25, -0.2) is 4.79 Å². The summed E-state index contributed by atoms with van der Waals surface area (Å²) in [4.78, 5) is 21.9. The lowest BCUT2D eigenvalue weighted by Crippen LogP contribution is -2.43. The van der Waals surface area contributed by atoms with Crippen molar-refractivity contribution in [1.29, 1.82) is 0 Å². The van der Waals surface area contributed by atoms with E-state index < -0.39 is 18.0 Å². The smallest absolute Gasteiger partial charge is 0.318 e. The maximum atomic E-state index is 11.4. The van der Waals surface area contributed by atoms with Crippen molar-refractivity contribution in [3.63, 3.8) is 0 Å². The summed E-state index contributed by atoms with van der Waals surface area (Å²) in [5.41, 5.74) is 5.44. The highest BCUT2D eigenvalue weighted by Gasteiger charge is 2.15. The molecule has 0 saturated heterocycles. The molecule has 1 aromatic rings. The zero-order valence-electron chi connectivity index (χ0n) is 8.96. The second kappa shape index (κ2) is 5.88.